The lowest BCUT2D eigenvalue weighted by Crippen LogP contribution is -2.24. The number of ether oxygens (including phenoxy) is 1. The Kier molecular flexibility index (Phi) is 5.07. The monoisotopic (exact) mass is 342 g/mol. The standard InChI is InChI=1S/C21H23FO3/c1-13(2)25-18-7-8-20(22)19(12-18)16-5-3-15(4-6-16)17-9-14(10-17)11-21(23)24/h3-8,12-14,17H,9-11H2,1-2H3,(H,23,24)/t14-,17+. The van der Waals surface area contributed by atoms with Crippen LogP contribution in [0.25, 0.3) is 11.1 Å². The molecule has 1 saturated carbocycles. The van der Waals surface area contributed by atoms with Crippen molar-refractivity contribution < 1.29 is 19.0 Å². The van der Waals surface area contributed by atoms with Crippen molar-refractivity contribution in [1.29, 1.82) is 0 Å². The van der Waals surface area contributed by atoms with E-state index in [0.29, 0.717) is 17.2 Å². The van der Waals surface area contributed by atoms with Crippen molar-refractivity contribution in [3.8, 4) is 16.9 Å². The number of carbonyl (C=O) groups is 1. The highest BCUT2D eigenvalue weighted by atomic mass is 19.1. The minimum atomic E-state index is -0.724. The number of halogens is 1. The van der Waals surface area contributed by atoms with Crippen LogP contribution in [0.3, 0.4) is 0 Å². The number of hydrogen-bond acceptors (Lipinski definition) is 2. The molecular weight excluding hydrogens is 319 g/mol. The average molecular weight is 342 g/mol. The largest absolute Gasteiger partial charge is 0.491 e. The Labute approximate surface area is 147 Å². The van der Waals surface area contributed by atoms with Crippen LogP contribution in [-0.4, -0.2) is 17.2 Å². The molecule has 132 valence electrons. The summed E-state index contributed by atoms with van der Waals surface area (Å²) in [6.45, 7) is 3.88. The van der Waals surface area contributed by atoms with E-state index in [1.807, 2.05) is 38.1 Å². The van der Waals surface area contributed by atoms with Gasteiger partial charge in [-0.1, -0.05) is 24.3 Å². The second-order valence-corrected chi connectivity index (χ2v) is 7.06. The summed E-state index contributed by atoms with van der Waals surface area (Å²) < 4.78 is 19.8. The summed E-state index contributed by atoms with van der Waals surface area (Å²) in [5.74, 6) is 0.362. The predicted octanol–water partition coefficient (Wildman–Crippen LogP) is 5.25. The van der Waals surface area contributed by atoms with Crippen LogP contribution >= 0.6 is 0 Å². The molecule has 1 aliphatic carbocycles. The van der Waals surface area contributed by atoms with Gasteiger partial charge in [-0.2, -0.15) is 0 Å². The van der Waals surface area contributed by atoms with Gasteiger partial charge in [0.15, 0.2) is 0 Å². The van der Waals surface area contributed by atoms with Crippen molar-refractivity contribution >= 4 is 5.97 Å². The maximum atomic E-state index is 14.2. The third-order valence-electron chi connectivity index (χ3n) is 4.70. The molecule has 1 N–H and O–H groups in total. The Hall–Kier alpha value is -2.36. The highest BCUT2D eigenvalue weighted by Gasteiger charge is 2.31. The summed E-state index contributed by atoms with van der Waals surface area (Å²) in [7, 11) is 0. The van der Waals surface area contributed by atoms with E-state index in [2.05, 4.69) is 0 Å². The van der Waals surface area contributed by atoms with Gasteiger partial charge >= 0.3 is 5.97 Å². The third kappa shape index (κ3) is 4.19. The number of carboxylic acids is 1. The molecule has 25 heavy (non-hydrogen) atoms. The van der Waals surface area contributed by atoms with Crippen molar-refractivity contribution in [1.82, 2.24) is 0 Å². The first-order valence-electron chi connectivity index (χ1n) is 8.70. The summed E-state index contributed by atoms with van der Waals surface area (Å²) in [6, 6.07) is 12.7. The van der Waals surface area contributed by atoms with Crippen LogP contribution in [0.15, 0.2) is 42.5 Å². The van der Waals surface area contributed by atoms with Gasteiger partial charge in [0.1, 0.15) is 11.6 Å². The first kappa shape index (κ1) is 17.5. The van der Waals surface area contributed by atoms with Crippen LogP contribution in [0.1, 0.15) is 44.6 Å². The maximum absolute atomic E-state index is 14.2. The number of aliphatic carboxylic acids is 1. The van der Waals surface area contributed by atoms with Crippen LogP contribution in [0.2, 0.25) is 0 Å². The summed E-state index contributed by atoms with van der Waals surface area (Å²) >= 11 is 0. The quantitative estimate of drug-likeness (QED) is 0.780. The first-order valence-corrected chi connectivity index (χ1v) is 8.70. The second-order valence-electron chi connectivity index (χ2n) is 7.06. The number of carboxylic acid groups (broad SMARTS) is 1. The molecule has 0 unspecified atom stereocenters. The van der Waals surface area contributed by atoms with Crippen molar-refractivity contribution in [2.24, 2.45) is 5.92 Å². The molecule has 2 aromatic carbocycles. The molecule has 0 bridgehead atoms. The molecule has 0 heterocycles. The van der Waals surface area contributed by atoms with Gasteiger partial charge in [0.2, 0.25) is 0 Å². The van der Waals surface area contributed by atoms with E-state index in [9.17, 15) is 9.18 Å². The van der Waals surface area contributed by atoms with Gasteiger partial charge in [-0.05, 0) is 67.9 Å². The zero-order valence-corrected chi connectivity index (χ0v) is 14.5. The third-order valence-corrected chi connectivity index (χ3v) is 4.70. The van der Waals surface area contributed by atoms with Crippen LogP contribution < -0.4 is 4.74 Å². The number of hydrogen-bond donors (Lipinski definition) is 1. The molecule has 0 atom stereocenters. The average Bonchev–Trinajstić information content (AvgIpc) is 2.52. The Morgan fingerprint density at radius 2 is 1.88 bits per heavy atom. The molecule has 2 aromatic rings. The van der Waals surface area contributed by atoms with E-state index in [0.717, 1.165) is 18.4 Å². The number of rotatable bonds is 6. The molecule has 0 aliphatic heterocycles. The highest BCUT2D eigenvalue weighted by molar-refractivity contribution is 5.67. The molecule has 3 nitrogen and oxygen atoms in total. The van der Waals surface area contributed by atoms with E-state index in [1.165, 1.54) is 11.6 Å². The van der Waals surface area contributed by atoms with Crippen LogP contribution in [-0.2, 0) is 4.79 Å². The van der Waals surface area contributed by atoms with Gasteiger partial charge in [0.25, 0.3) is 0 Å². The minimum Gasteiger partial charge on any atom is -0.491 e. The molecule has 0 spiro atoms. The smallest absolute Gasteiger partial charge is 0.303 e. The van der Waals surface area contributed by atoms with Crippen molar-refractivity contribution in [3.63, 3.8) is 0 Å². The molecule has 1 aliphatic rings. The molecule has 0 saturated heterocycles. The van der Waals surface area contributed by atoms with E-state index >= 15 is 0 Å². The van der Waals surface area contributed by atoms with Gasteiger partial charge in [0, 0.05) is 12.0 Å². The fourth-order valence-electron chi connectivity index (χ4n) is 3.43. The molecular formula is C21H23FO3. The minimum absolute atomic E-state index is 0.0399. The Morgan fingerprint density at radius 3 is 2.48 bits per heavy atom. The summed E-state index contributed by atoms with van der Waals surface area (Å²) in [5, 5.41) is 8.83. The molecule has 0 aromatic heterocycles. The summed E-state index contributed by atoms with van der Waals surface area (Å²) in [4.78, 5) is 10.7. The van der Waals surface area contributed by atoms with Gasteiger partial charge in [-0.3, -0.25) is 4.79 Å². The first-order chi connectivity index (χ1) is 11.9. The Morgan fingerprint density at radius 1 is 1.20 bits per heavy atom. The van der Waals surface area contributed by atoms with Crippen LogP contribution in [0.4, 0.5) is 4.39 Å². The Bertz CT molecular complexity index is 746. The van der Waals surface area contributed by atoms with E-state index < -0.39 is 5.97 Å². The maximum Gasteiger partial charge on any atom is 0.303 e. The zero-order chi connectivity index (χ0) is 18.0. The highest BCUT2D eigenvalue weighted by Crippen LogP contribution is 2.43. The molecule has 1 fully saturated rings. The SMILES string of the molecule is CC(C)Oc1ccc(F)c(-c2ccc([C@H]3C[C@@H](CC(=O)O)C3)cc2)c1. The second kappa shape index (κ2) is 7.26. The molecule has 0 radical (unpaired) electrons. The predicted molar refractivity (Wildman–Crippen MR) is 95.3 cm³/mol. The van der Waals surface area contributed by atoms with Gasteiger partial charge < -0.3 is 9.84 Å². The summed E-state index contributed by atoms with van der Waals surface area (Å²) in [5.41, 5.74) is 2.54. The number of benzene rings is 2. The molecule has 3 rings (SSSR count). The van der Waals surface area contributed by atoms with Gasteiger partial charge in [0.05, 0.1) is 6.10 Å². The molecule has 0 amide bonds. The van der Waals surface area contributed by atoms with E-state index in [1.54, 1.807) is 12.1 Å². The lowest BCUT2D eigenvalue weighted by atomic mass is 9.70. The lowest BCUT2D eigenvalue weighted by molar-refractivity contribution is -0.138. The molecule has 4 heteroatoms. The van der Waals surface area contributed by atoms with Crippen LogP contribution in [0, 0.1) is 11.7 Å². The van der Waals surface area contributed by atoms with Crippen molar-refractivity contribution in [2.75, 3.05) is 0 Å². The van der Waals surface area contributed by atoms with Gasteiger partial charge in [-0.15, -0.1) is 0 Å². The lowest BCUT2D eigenvalue weighted by Gasteiger charge is -2.34. The fraction of sp³-hybridized carbons (Fsp3) is 0.381. The van der Waals surface area contributed by atoms with Crippen molar-refractivity contribution in [3.05, 3.63) is 53.8 Å². The topological polar surface area (TPSA) is 46.5 Å². The Balaban J connectivity index is 1.72. The zero-order valence-electron chi connectivity index (χ0n) is 14.5. The van der Waals surface area contributed by atoms with Crippen LogP contribution in [0.5, 0.6) is 5.75 Å². The normalized spacial score (nSPS) is 19.5. The summed E-state index contributed by atoms with van der Waals surface area (Å²) in [6.07, 6.45) is 2.12. The van der Waals surface area contributed by atoms with Crippen molar-refractivity contribution in [2.45, 2.75) is 45.1 Å². The van der Waals surface area contributed by atoms with E-state index in [4.69, 9.17) is 9.84 Å². The van der Waals surface area contributed by atoms with E-state index in [-0.39, 0.29) is 24.3 Å². The van der Waals surface area contributed by atoms with Gasteiger partial charge in [-0.25, -0.2) is 4.39 Å². The fourth-order valence-corrected chi connectivity index (χ4v) is 3.43.